The van der Waals surface area contributed by atoms with Gasteiger partial charge in [0.15, 0.2) is 14.6 Å². The highest BCUT2D eigenvalue weighted by Gasteiger charge is 2.41. The molecule has 3 atom stereocenters. The lowest BCUT2D eigenvalue weighted by Crippen LogP contribution is -2.41. The summed E-state index contributed by atoms with van der Waals surface area (Å²) < 4.78 is 17.5. The number of rotatable bonds is 7. The van der Waals surface area contributed by atoms with Crippen LogP contribution >= 0.6 is 0 Å². The Morgan fingerprint density at radius 3 is 2.58 bits per heavy atom. The predicted octanol–water partition coefficient (Wildman–Crippen LogP) is 4.97. The van der Waals surface area contributed by atoms with Crippen LogP contribution in [0.3, 0.4) is 0 Å². The van der Waals surface area contributed by atoms with Crippen molar-refractivity contribution in [2.24, 2.45) is 11.8 Å². The fourth-order valence-corrected chi connectivity index (χ4v) is 3.84. The van der Waals surface area contributed by atoms with Gasteiger partial charge in [-0.1, -0.05) is 26.7 Å². The first-order valence-corrected chi connectivity index (χ1v) is 12.5. The molecule has 138 valence electrons. The van der Waals surface area contributed by atoms with Crippen molar-refractivity contribution in [3.63, 3.8) is 0 Å². The lowest BCUT2D eigenvalue weighted by molar-refractivity contribution is -0.154. The van der Waals surface area contributed by atoms with Crippen LogP contribution in [-0.4, -0.2) is 34.4 Å². The van der Waals surface area contributed by atoms with Crippen LogP contribution in [0.2, 0.25) is 18.1 Å². The second-order valence-corrected chi connectivity index (χ2v) is 13.6. The highest BCUT2D eigenvalue weighted by Crippen LogP contribution is 2.44. The summed E-state index contributed by atoms with van der Waals surface area (Å²) in [5.41, 5.74) is 0. The summed E-state index contributed by atoms with van der Waals surface area (Å²) in [5.74, 6) is 7.98. The van der Waals surface area contributed by atoms with Crippen LogP contribution in [0.5, 0.6) is 0 Å². The largest absolute Gasteiger partial charge is 0.417 e. The highest BCUT2D eigenvalue weighted by molar-refractivity contribution is 6.74. The fourth-order valence-electron chi connectivity index (χ4n) is 2.77. The summed E-state index contributed by atoms with van der Waals surface area (Å²) in [7, 11) is -1.58. The van der Waals surface area contributed by atoms with Crippen molar-refractivity contribution in [3.8, 4) is 11.8 Å². The molecule has 1 heterocycles. The van der Waals surface area contributed by atoms with Crippen molar-refractivity contribution >= 4 is 8.32 Å². The molecular weight excluding hydrogens is 316 g/mol. The summed E-state index contributed by atoms with van der Waals surface area (Å²) in [6.45, 7) is 13.9. The summed E-state index contributed by atoms with van der Waals surface area (Å²) in [6.07, 6.45) is 6.87. The quantitative estimate of drug-likeness (QED) is 0.478. The van der Waals surface area contributed by atoms with Crippen molar-refractivity contribution in [2.75, 3.05) is 19.8 Å². The molecule has 0 amide bonds. The van der Waals surface area contributed by atoms with Crippen molar-refractivity contribution in [3.05, 3.63) is 0 Å². The Morgan fingerprint density at radius 2 is 1.92 bits per heavy atom. The first-order valence-electron chi connectivity index (χ1n) is 9.62. The first kappa shape index (κ1) is 20.0. The van der Waals surface area contributed by atoms with E-state index in [4.69, 9.17) is 13.9 Å². The SMILES string of the molecule is CC(C)(C)[Si](C)(C)OCC1CC1CCC#CCOC1CCCCO1. The van der Waals surface area contributed by atoms with Gasteiger partial charge in [-0.05, 0) is 62.1 Å². The van der Waals surface area contributed by atoms with Crippen LogP contribution in [0.25, 0.3) is 0 Å². The van der Waals surface area contributed by atoms with Crippen molar-refractivity contribution in [1.29, 1.82) is 0 Å². The van der Waals surface area contributed by atoms with Crippen molar-refractivity contribution in [1.82, 2.24) is 0 Å². The van der Waals surface area contributed by atoms with E-state index in [9.17, 15) is 0 Å². The Kier molecular flexibility index (Phi) is 7.36. The second kappa shape index (κ2) is 8.85. The second-order valence-electron chi connectivity index (χ2n) is 8.83. The summed E-state index contributed by atoms with van der Waals surface area (Å²) in [6, 6.07) is 0. The van der Waals surface area contributed by atoms with Gasteiger partial charge in [-0.25, -0.2) is 0 Å². The van der Waals surface area contributed by atoms with Crippen LogP contribution in [0.4, 0.5) is 0 Å². The van der Waals surface area contributed by atoms with Crippen molar-refractivity contribution in [2.45, 2.75) is 83.7 Å². The summed E-state index contributed by atoms with van der Waals surface area (Å²) in [5, 5.41) is 0.310. The lowest BCUT2D eigenvalue weighted by Gasteiger charge is -2.36. The lowest BCUT2D eigenvalue weighted by atomic mass is 10.2. The molecule has 3 nitrogen and oxygen atoms in total. The Labute approximate surface area is 150 Å². The average molecular weight is 353 g/mol. The minimum Gasteiger partial charge on any atom is -0.417 e. The molecule has 0 spiro atoms. The minimum atomic E-state index is -1.58. The molecule has 2 aliphatic rings. The Morgan fingerprint density at radius 1 is 1.12 bits per heavy atom. The third kappa shape index (κ3) is 6.52. The van der Waals surface area contributed by atoms with Gasteiger partial charge in [0, 0.05) is 19.6 Å². The van der Waals surface area contributed by atoms with Gasteiger partial charge in [0.2, 0.25) is 0 Å². The van der Waals surface area contributed by atoms with Crippen LogP contribution in [0.15, 0.2) is 0 Å². The molecular formula is C20H36O3Si. The van der Waals surface area contributed by atoms with E-state index in [-0.39, 0.29) is 6.29 Å². The molecule has 24 heavy (non-hydrogen) atoms. The molecule has 0 aromatic heterocycles. The molecule has 0 N–H and O–H groups in total. The number of hydrogen-bond acceptors (Lipinski definition) is 3. The normalized spacial score (nSPS) is 27.5. The molecule has 4 heteroatoms. The Hall–Kier alpha value is -0.343. The third-order valence-corrected chi connectivity index (χ3v) is 10.3. The topological polar surface area (TPSA) is 27.7 Å². The maximum Gasteiger partial charge on any atom is 0.191 e. The van der Waals surface area contributed by atoms with Crippen LogP contribution in [0, 0.1) is 23.7 Å². The zero-order valence-corrected chi connectivity index (χ0v) is 17.3. The standard InChI is InChI=1S/C20H36O3Si/c1-20(2,3)24(4,5)23-16-18-15-17(18)11-7-6-9-13-21-19-12-8-10-14-22-19/h17-19H,7-8,10-16H2,1-5H3. The van der Waals surface area contributed by atoms with Gasteiger partial charge < -0.3 is 13.9 Å². The van der Waals surface area contributed by atoms with E-state index in [1.165, 1.54) is 19.3 Å². The van der Waals surface area contributed by atoms with Gasteiger partial charge in [0.05, 0.1) is 0 Å². The maximum atomic E-state index is 6.33. The van der Waals surface area contributed by atoms with Crippen LogP contribution in [0.1, 0.15) is 59.3 Å². The van der Waals surface area contributed by atoms with Gasteiger partial charge in [0.25, 0.3) is 0 Å². The fraction of sp³-hybridized carbons (Fsp3) is 0.900. The molecule has 1 aliphatic heterocycles. The average Bonchev–Trinajstić information content (AvgIpc) is 3.27. The van der Waals surface area contributed by atoms with E-state index in [2.05, 4.69) is 45.7 Å². The monoisotopic (exact) mass is 352 g/mol. The number of ether oxygens (including phenoxy) is 2. The highest BCUT2D eigenvalue weighted by atomic mass is 28.4. The van der Waals surface area contributed by atoms with E-state index in [0.717, 1.165) is 44.3 Å². The molecule has 0 aromatic carbocycles. The molecule has 2 rings (SSSR count). The first-order chi connectivity index (χ1) is 11.3. The zero-order chi connectivity index (χ0) is 17.6. The smallest absolute Gasteiger partial charge is 0.191 e. The summed E-state index contributed by atoms with van der Waals surface area (Å²) in [4.78, 5) is 0. The Balaban J connectivity index is 1.52. The van der Waals surface area contributed by atoms with Crippen LogP contribution in [-0.2, 0) is 13.9 Å². The van der Waals surface area contributed by atoms with E-state index in [1.807, 2.05) is 0 Å². The van der Waals surface area contributed by atoms with Crippen molar-refractivity contribution < 1.29 is 13.9 Å². The third-order valence-electron chi connectivity index (χ3n) is 5.78. The van der Waals surface area contributed by atoms with E-state index >= 15 is 0 Å². The molecule has 1 aliphatic carbocycles. The molecule has 0 aromatic rings. The van der Waals surface area contributed by atoms with E-state index in [0.29, 0.717) is 11.6 Å². The van der Waals surface area contributed by atoms with Gasteiger partial charge >= 0.3 is 0 Å². The molecule has 1 saturated heterocycles. The zero-order valence-electron chi connectivity index (χ0n) is 16.3. The van der Waals surface area contributed by atoms with Crippen LogP contribution < -0.4 is 0 Å². The maximum absolute atomic E-state index is 6.33. The summed E-state index contributed by atoms with van der Waals surface area (Å²) >= 11 is 0. The molecule has 0 bridgehead atoms. The Bertz CT molecular complexity index is 438. The van der Waals surface area contributed by atoms with E-state index < -0.39 is 8.32 Å². The van der Waals surface area contributed by atoms with E-state index in [1.54, 1.807) is 0 Å². The molecule has 1 saturated carbocycles. The molecule has 3 unspecified atom stereocenters. The van der Waals surface area contributed by atoms with Gasteiger partial charge in [-0.2, -0.15) is 0 Å². The number of hydrogen-bond donors (Lipinski definition) is 0. The molecule has 0 radical (unpaired) electrons. The van der Waals surface area contributed by atoms with Gasteiger partial charge in [0.1, 0.15) is 6.61 Å². The van der Waals surface area contributed by atoms with Gasteiger partial charge in [-0.15, -0.1) is 5.92 Å². The van der Waals surface area contributed by atoms with Gasteiger partial charge in [-0.3, -0.25) is 0 Å². The predicted molar refractivity (Wildman–Crippen MR) is 101 cm³/mol. The molecule has 2 fully saturated rings. The minimum absolute atomic E-state index is 0.0200.